The fraction of sp³-hybridized carbons (Fsp3) is 0.357. The van der Waals surface area contributed by atoms with E-state index >= 15 is 0 Å². The van der Waals surface area contributed by atoms with Gasteiger partial charge in [-0.25, -0.2) is 4.79 Å². The zero-order valence-electron chi connectivity index (χ0n) is 11.9. The van der Waals surface area contributed by atoms with E-state index in [1.165, 1.54) is 16.9 Å². The summed E-state index contributed by atoms with van der Waals surface area (Å²) in [4.78, 5) is 15.1. The lowest BCUT2D eigenvalue weighted by molar-refractivity contribution is 0.0527. The zero-order chi connectivity index (χ0) is 15.6. The monoisotopic (exact) mass is 295 g/mol. The Morgan fingerprint density at radius 3 is 2.67 bits per heavy atom. The van der Waals surface area contributed by atoms with E-state index < -0.39 is 17.9 Å². The lowest BCUT2D eigenvalue weighted by Crippen LogP contribution is -2.10. The topological polar surface area (TPSA) is 57.0 Å². The summed E-state index contributed by atoms with van der Waals surface area (Å²) in [5.74, 6) is -2.53. The number of esters is 1. The number of carbonyl (C=O) groups is 1. The van der Waals surface area contributed by atoms with Crippen molar-refractivity contribution in [1.29, 1.82) is 0 Å². The van der Waals surface area contributed by atoms with Gasteiger partial charge in [0.25, 0.3) is 0 Å². The second-order valence-electron chi connectivity index (χ2n) is 4.64. The van der Waals surface area contributed by atoms with Crippen molar-refractivity contribution in [2.24, 2.45) is 0 Å². The van der Waals surface area contributed by atoms with Gasteiger partial charge < -0.3 is 4.74 Å². The van der Waals surface area contributed by atoms with E-state index in [9.17, 15) is 13.6 Å². The molecule has 0 aliphatic heterocycles. The molecule has 0 N–H and O–H groups in total. The lowest BCUT2D eigenvalue weighted by Gasteiger charge is -2.13. The molecule has 2 rings (SSSR count). The van der Waals surface area contributed by atoms with Crippen LogP contribution >= 0.6 is 0 Å². The van der Waals surface area contributed by atoms with Gasteiger partial charge in [-0.3, -0.25) is 4.68 Å². The van der Waals surface area contributed by atoms with Crippen molar-refractivity contribution in [3.63, 3.8) is 0 Å². The van der Waals surface area contributed by atoms with Crippen molar-refractivity contribution in [3.05, 3.63) is 35.8 Å². The minimum Gasteiger partial charge on any atom is -0.462 e. The second-order valence-corrected chi connectivity index (χ2v) is 4.64. The molecule has 0 saturated carbocycles. The van der Waals surface area contributed by atoms with E-state index in [-0.39, 0.29) is 29.5 Å². The van der Waals surface area contributed by atoms with Crippen LogP contribution in [0.25, 0.3) is 11.3 Å². The minimum absolute atomic E-state index is 0.00523. The normalized spacial score (nSPS) is 11.0. The summed E-state index contributed by atoms with van der Waals surface area (Å²) in [6.07, 6.45) is 1.32. The van der Waals surface area contributed by atoms with E-state index in [2.05, 4.69) is 10.1 Å². The summed E-state index contributed by atoms with van der Waals surface area (Å²) >= 11 is 0. The molecule has 21 heavy (non-hydrogen) atoms. The Balaban J connectivity index is 2.63. The van der Waals surface area contributed by atoms with Gasteiger partial charge in [0.05, 0.1) is 24.1 Å². The van der Waals surface area contributed by atoms with E-state index in [1.54, 1.807) is 6.92 Å². The number of rotatable bonds is 4. The average molecular weight is 295 g/mol. The summed E-state index contributed by atoms with van der Waals surface area (Å²) in [6.45, 7) is 5.53. The predicted octanol–water partition coefficient (Wildman–Crippen LogP) is 2.98. The molecule has 0 fully saturated rings. The maximum Gasteiger partial charge on any atom is 0.341 e. The highest BCUT2D eigenvalue weighted by Crippen LogP contribution is 2.28. The molecule has 112 valence electrons. The number of aromatic nitrogens is 3. The molecule has 7 heteroatoms. The highest BCUT2D eigenvalue weighted by molar-refractivity contribution is 5.96. The van der Waals surface area contributed by atoms with Crippen LogP contribution in [0, 0.1) is 11.9 Å². The van der Waals surface area contributed by atoms with Crippen molar-refractivity contribution >= 4 is 5.97 Å². The molecular formula is C14H15F2N3O2. The van der Waals surface area contributed by atoms with Gasteiger partial charge in [0.15, 0.2) is 0 Å². The molecule has 5 nitrogen and oxygen atoms in total. The van der Waals surface area contributed by atoms with Gasteiger partial charge in [0.2, 0.25) is 11.9 Å². The molecule has 2 heterocycles. The van der Waals surface area contributed by atoms with Gasteiger partial charge >= 0.3 is 5.97 Å². The predicted molar refractivity (Wildman–Crippen MR) is 71.7 cm³/mol. The van der Waals surface area contributed by atoms with Gasteiger partial charge in [0.1, 0.15) is 5.56 Å². The fourth-order valence-corrected chi connectivity index (χ4v) is 1.97. The van der Waals surface area contributed by atoms with Gasteiger partial charge in [-0.05, 0) is 32.9 Å². The highest BCUT2D eigenvalue weighted by atomic mass is 19.1. The average Bonchev–Trinajstić information content (AvgIpc) is 2.83. The van der Waals surface area contributed by atoms with E-state index in [0.717, 1.165) is 6.07 Å². The summed E-state index contributed by atoms with van der Waals surface area (Å²) < 4.78 is 33.3. The third-order valence-electron chi connectivity index (χ3n) is 2.85. The number of pyridine rings is 1. The van der Waals surface area contributed by atoms with Crippen molar-refractivity contribution < 1.29 is 18.3 Å². The minimum atomic E-state index is -0.997. The Morgan fingerprint density at radius 2 is 2.10 bits per heavy atom. The van der Waals surface area contributed by atoms with Gasteiger partial charge in [-0.2, -0.15) is 18.9 Å². The van der Waals surface area contributed by atoms with E-state index in [4.69, 9.17) is 4.74 Å². The van der Waals surface area contributed by atoms with Crippen LogP contribution in [0.3, 0.4) is 0 Å². The molecular weight excluding hydrogens is 280 g/mol. The first-order valence-corrected chi connectivity index (χ1v) is 6.52. The number of carbonyl (C=O) groups excluding carboxylic acids is 1. The van der Waals surface area contributed by atoms with Crippen molar-refractivity contribution in [2.75, 3.05) is 6.61 Å². The first-order chi connectivity index (χ1) is 9.95. The largest absolute Gasteiger partial charge is 0.462 e. The summed E-state index contributed by atoms with van der Waals surface area (Å²) in [7, 11) is 0. The maximum absolute atomic E-state index is 13.9. The highest BCUT2D eigenvalue weighted by Gasteiger charge is 2.24. The Hall–Kier alpha value is -2.31. The molecule has 2 aromatic heterocycles. The third kappa shape index (κ3) is 2.91. The first-order valence-electron chi connectivity index (χ1n) is 6.52. The van der Waals surface area contributed by atoms with Crippen LogP contribution in [0.5, 0.6) is 0 Å². The zero-order valence-corrected chi connectivity index (χ0v) is 11.9. The number of hydrogen-bond acceptors (Lipinski definition) is 4. The SMILES string of the molecule is CCOC(=O)c1cnn(C(C)C)c1-c1ccc(F)nc1F. The summed E-state index contributed by atoms with van der Waals surface area (Å²) in [5.41, 5.74) is 0.358. The molecule has 0 atom stereocenters. The molecule has 0 unspecified atom stereocenters. The molecule has 0 bridgehead atoms. The smallest absolute Gasteiger partial charge is 0.341 e. The maximum atomic E-state index is 13.9. The number of nitrogens with zero attached hydrogens (tertiary/aromatic N) is 3. The third-order valence-corrected chi connectivity index (χ3v) is 2.85. The van der Waals surface area contributed by atoms with Crippen molar-refractivity contribution in [3.8, 4) is 11.3 Å². The number of hydrogen-bond donors (Lipinski definition) is 0. The number of halogens is 2. The lowest BCUT2D eigenvalue weighted by atomic mass is 10.1. The van der Waals surface area contributed by atoms with Crippen LogP contribution in [0.2, 0.25) is 0 Å². The van der Waals surface area contributed by atoms with Gasteiger partial charge in [-0.1, -0.05) is 0 Å². The molecule has 0 spiro atoms. The van der Waals surface area contributed by atoms with E-state index in [0.29, 0.717) is 0 Å². The van der Waals surface area contributed by atoms with Gasteiger partial charge in [-0.15, -0.1) is 0 Å². The van der Waals surface area contributed by atoms with Crippen LogP contribution in [0.1, 0.15) is 37.2 Å². The molecule has 2 aromatic rings. The van der Waals surface area contributed by atoms with Crippen molar-refractivity contribution in [2.45, 2.75) is 26.8 Å². The van der Waals surface area contributed by atoms with Crippen LogP contribution < -0.4 is 0 Å². The fourth-order valence-electron chi connectivity index (χ4n) is 1.97. The van der Waals surface area contributed by atoms with Crippen LogP contribution in [-0.4, -0.2) is 27.3 Å². The molecule has 0 amide bonds. The second kappa shape index (κ2) is 5.99. The van der Waals surface area contributed by atoms with Crippen LogP contribution in [0.15, 0.2) is 18.3 Å². The number of ether oxygens (including phenoxy) is 1. The standard InChI is InChI=1S/C14H15F2N3O2/c1-4-21-14(20)10-7-17-19(8(2)3)12(10)9-5-6-11(15)18-13(9)16/h5-8H,4H2,1-3H3. The Labute approximate surface area is 120 Å². The van der Waals surface area contributed by atoms with Gasteiger partial charge in [0, 0.05) is 6.04 Å². The molecule has 0 radical (unpaired) electrons. The Bertz CT molecular complexity index is 668. The molecule has 0 aliphatic rings. The van der Waals surface area contributed by atoms with Crippen LogP contribution in [0.4, 0.5) is 8.78 Å². The van der Waals surface area contributed by atoms with Crippen molar-refractivity contribution in [1.82, 2.24) is 14.8 Å². The molecule has 0 saturated heterocycles. The summed E-state index contributed by atoms with van der Waals surface area (Å²) in [6, 6.07) is 2.15. The summed E-state index contributed by atoms with van der Waals surface area (Å²) in [5, 5.41) is 4.09. The van der Waals surface area contributed by atoms with E-state index in [1.807, 2.05) is 13.8 Å². The molecule has 0 aliphatic carbocycles. The first kappa shape index (κ1) is 15.1. The Kier molecular flexibility index (Phi) is 4.30. The van der Waals surface area contributed by atoms with Crippen LogP contribution in [-0.2, 0) is 4.74 Å². The Morgan fingerprint density at radius 1 is 1.38 bits per heavy atom. The molecule has 0 aromatic carbocycles. The quantitative estimate of drug-likeness (QED) is 0.642.